The fourth-order valence-corrected chi connectivity index (χ4v) is 3.76. The zero-order valence-electron chi connectivity index (χ0n) is 16.6. The van der Waals surface area contributed by atoms with Crippen LogP contribution in [0.1, 0.15) is 21.5 Å². The predicted octanol–water partition coefficient (Wildman–Crippen LogP) is 1.92. The summed E-state index contributed by atoms with van der Waals surface area (Å²) in [5.41, 5.74) is 5.73. The Hall–Kier alpha value is -3.19. The summed E-state index contributed by atoms with van der Waals surface area (Å²) >= 11 is 0. The van der Waals surface area contributed by atoms with E-state index in [1.807, 2.05) is 22.8 Å². The van der Waals surface area contributed by atoms with E-state index in [1.54, 1.807) is 16.1 Å². The van der Waals surface area contributed by atoms with Crippen molar-refractivity contribution in [2.24, 2.45) is 0 Å². The number of benzene rings is 2. The molecule has 0 saturated carbocycles. The molecule has 0 bridgehead atoms. The Morgan fingerprint density at radius 3 is 2.45 bits per heavy atom. The summed E-state index contributed by atoms with van der Waals surface area (Å²) in [4.78, 5) is 32.3. The predicted molar refractivity (Wildman–Crippen MR) is 110 cm³/mol. The summed E-state index contributed by atoms with van der Waals surface area (Å²) < 4.78 is 2.05. The van der Waals surface area contributed by atoms with E-state index in [0.29, 0.717) is 31.7 Å². The second kappa shape index (κ2) is 7.67. The lowest BCUT2D eigenvalue weighted by atomic mass is 10.1. The monoisotopic (exact) mass is 392 g/mol. The fraction of sp³-hybridized carbons (Fsp3) is 0.318. The maximum Gasteiger partial charge on any atom is 0.254 e. The number of imidazole rings is 1. The molecule has 0 radical (unpaired) electrons. The van der Waals surface area contributed by atoms with Crippen LogP contribution in [0.4, 0.5) is 0 Å². The van der Waals surface area contributed by atoms with Gasteiger partial charge in [0.1, 0.15) is 12.9 Å². The van der Waals surface area contributed by atoms with Crippen molar-refractivity contribution in [2.75, 3.05) is 32.8 Å². The largest absolute Gasteiger partial charge is 0.387 e. The van der Waals surface area contributed by atoms with E-state index in [4.69, 9.17) is 5.11 Å². The van der Waals surface area contributed by atoms with Crippen molar-refractivity contribution in [3.8, 4) is 5.69 Å². The van der Waals surface area contributed by atoms with Crippen molar-refractivity contribution in [3.63, 3.8) is 0 Å². The highest BCUT2D eigenvalue weighted by molar-refractivity contribution is 5.97. The van der Waals surface area contributed by atoms with Crippen LogP contribution in [-0.2, 0) is 4.79 Å². The third kappa shape index (κ3) is 3.61. The summed E-state index contributed by atoms with van der Waals surface area (Å²) in [7, 11) is 0. The van der Waals surface area contributed by atoms with E-state index >= 15 is 0 Å². The molecule has 2 aromatic carbocycles. The van der Waals surface area contributed by atoms with Gasteiger partial charge in [0, 0.05) is 31.7 Å². The summed E-state index contributed by atoms with van der Waals surface area (Å²) in [5.74, 6) is -0.361. The van der Waals surface area contributed by atoms with Crippen LogP contribution in [0, 0.1) is 13.8 Å². The van der Waals surface area contributed by atoms with Gasteiger partial charge in [0.05, 0.1) is 16.7 Å². The number of nitrogens with zero attached hydrogens (tertiary/aromatic N) is 4. The molecule has 1 N–H and O–H groups in total. The number of carbonyl (C=O) groups is 2. The molecule has 7 nitrogen and oxygen atoms in total. The zero-order chi connectivity index (χ0) is 20.5. The van der Waals surface area contributed by atoms with Crippen molar-refractivity contribution in [1.29, 1.82) is 0 Å². The fourth-order valence-electron chi connectivity index (χ4n) is 3.76. The van der Waals surface area contributed by atoms with Crippen molar-refractivity contribution in [1.82, 2.24) is 19.4 Å². The minimum absolute atomic E-state index is 0.0655. The summed E-state index contributed by atoms with van der Waals surface area (Å²) in [6, 6.07) is 11.9. The van der Waals surface area contributed by atoms with Gasteiger partial charge in [-0.25, -0.2) is 4.98 Å². The molecular weight excluding hydrogens is 368 g/mol. The molecule has 1 aliphatic heterocycles. The molecule has 29 heavy (non-hydrogen) atoms. The highest BCUT2D eigenvalue weighted by Gasteiger charge is 2.24. The number of carbonyl (C=O) groups excluding carboxylic acids is 2. The summed E-state index contributed by atoms with van der Waals surface area (Å²) in [6.07, 6.45) is 1.79. The maximum atomic E-state index is 12.9. The average Bonchev–Trinajstić information content (AvgIpc) is 3.17. The van der Waals surface area contributed by atoms with Gasteiger partial charge in [-0.05, 0) is 49.2 Å². The number of aryl methyl sites for hydroxylation is 2. The first-order chi connectivity index (χ1) is 14.0. The first-order valence-electron chi connectivity index (χ1n) is 9.70. The molecule has 3 aromatic rings. The molecule has 0 spiro atoms. The number of aliphatic hydroxyl groups is 1. The van der Waals surface area contributed by atoms with Gasteiger partial charge in [0.2, 0.25) is 5.91 Å². The average molecular weight is 392 g/mol. The van der Waals surface area contributed by atoms with Gasteiger partial charge in [-0.15, -0.1) is 0 Å². The molecule has 2 amide bonds. The minimum Gasteiger partial charge on any atom is -0.387 e. The molecule has 1 aliphatic rings. The van der Waals surface area contributed by atoms with E-state index in [9.17, 15) is 9.59 Å². The number of aromatic nitrogens is 2. The second-order valence-electron chi connectivity index (χ2n) is 7.44. The van der Waals surface area contributed by atoms with Gasteiger partial charge in [0.15, 0.2) is 0 Å². The molecule has 1 saturated heterocycles. The topological polar surface area (TPSA) is 78.7 Å². The Morgan fingerprint density at radius 2 is 1.72 bits per heavy atom. The van der Waals surface area contributed by atoms with Crippen LogP contribution >= 0.6 is 0 Å². The normalized spacial score (nSPS) is 14.4. The Bertz CT molecular complexity index is 1080. The van der Waals surface area contributed by atoms with Gasteiger partial charge >= 0.3 is 0 Å². The Labute approximate surface area is 169 Å². The first-order valence-corrected chi connectivity index (χ1v) is 9.70. The molecule has 1 aromatic heterocycles. The smallest absolute Gasteiger partial charge is 0.254 e. The van der Waals surface area contributed by atoms with Crippen LogP contribution in [0.2, 0.25) is 0 Å². The van der Waals surface area contributed by atoms with Crippen LogP contribution < -0.4 is 0 Å². The number of hydrogen-bond donors (Lipinski definition) is 1. The molecular formula is C22H24N4O3. The first kappa shape index (κ1) is 19.1. The summed E-state index contributed by atoms with van der Waals surface area (Å²) in [6.45, 7) is 5.43. The molecule has 2 heterocycles. The van der Waals surface area contributed by atoms with E-state index in [-0.39, 0.29) is 11.8 Å². The minimum atomic E-state index is -0.492. The third-order valence-corrected chi connectivity index (χ3v) is 5.47. The number of fused-ring (bicyclic) bond motifs is 1. The molecule has 0 unspecified atom stereocenters. The maximum absolute atomic E-state index is 12.9. The lowest BCUT2D eigenvalue weighted by molar-refractivity contribution is -0.135. The Morgan fingerprint density at radius 1 is 1.00 bits per heavy atom. The number of amides is 2. The van der Waals surface area contributed by atoms with Crippen molar-refractivity contribution >= 4 is 22.8 Å². The van der Waals surface area contributed by atoms with E-state index < -0.39 is 6.61 Å². The zero-order valence-corrected chi connectivity index (χ0v) is 16.6. The van der Waals surface area contributed by atoms with E-state index in [1.165, 1.54) is 5.56 Å². The summed E-state index contributed by atoms with van der Waals surface area (Å²) in [5, 5.41) is 8.98. The van der Waals surface area contributed by atoms with E-state index in [0.717, 1.165) is 22.3 Å². The molecule has 1 fully saturated rings. The quantitative estimate of drug-likeness (QED) is 0.739. The van der Waals surface area contributed by atoms with Crippen molar-refractivity contribution in [2.45, 2.75) is 13.8 Å². The van der Waals surface area contributed by atoms with Gasteiger partial charge in [-0.3, -0.25) is 14.2 Å². The van der Waals surface area contributed by atoms with Crippen LogP contribution in [0.25, 0.3) is 16.7 Å². The van der Waals surface area contributed by atoms with Crippen LogP contribution in [0.3, 0.4) is 0 Å². The SMILES string of the molecule is Cc1ccc(C)c(-n2cnc3cc(C(=O)N4CCN(C(=O)CO)CC4)ccc32)c1. The standard InChI is InChI=1S/C22H24N4O3/c1-15-3-4-16(2)20(11-15)26-14-23-18-12-17(5-6-19(18)26)22(29)25-9-7-24(8-10-25)21(28)13-27/h3-6,11-12,14,27H,7-10,13H2,1-2H3. The van der Waals surface area contributed by atoms with Gasteiger partial charge in [-0.1, -0.05) is 12.1 Å². The van der Waals surface area contributed by atoms with Crippen LogP contribution in [0.5, 0.6) is 0 Å². The van der Waals surface area contributed by atoms with Gasteiger partial charge < -0.3 is 14.9 Å². The molecule has 150 valence electrons. The van der Waals surface area contributed by atoms with Crippen molar-refractivity contribution < 1.29 is 14.7 Å². The Kier molecular flexibility index (Phi) is 5.07. The Balaban J connectivity index is 1.57. The van der Waals surface area contributed by atoms with Crippen LogP contribution in [-0.4, -0.2) is 69.1 Å². The van der Waals surface area contributed by atoms with Gasteiger partial charge in [0.25, 0.3) is 5.91 Å². The number of rotatable bonds is 3. The highest BCUT2D eigenvalue weighted by Crippen LogP contribution is 2.23. The van der Waals surface area contributed by atoms with E-state index in [2.05, 4.69) is 37.0 Å². The van der Waals surface area contributed by atoms with Gasteiger partial charge in [-0.2, -0.15) is 0 Å². The number of piperazine rings is 1. The molecule has 7 heteroatoms. The lowest BCUT2D eigenvalue weighted by Gasteiger charge is -2.34. The molecule has 4 rings (SSSR count). The highest BCUT2D eigenvalue weighted by atomic mass is 16.3. The second-order valence-corrected chi connectivity index (χ2v) is 7.44. The van der Waals surface area contributed by atoms with Crippen molar-refractivity contribution in [3.05, 3.63) is 59.4 Å². The lowest BCUT2D eigenvalue weighted by Crippen LogP contribution is -2.51. The molecule has 0 atom stereocenters. The van der Waals surface area contributed by atoms with Crippen LogP contribution in [0.15, 0.2) is 42.7 Å². The number of hydrogen-bond acceptors (Lipinski definition) is 4. The number of aliphatic hydroxyl groups excluding tert-OH is 1. The third-order valence-electron chi connectivity index (χ3n) is 5.47. The molecule has 0 aliphatic carbocycles.